The highest BCUT2D eigenvalue weighted by Crippen LogP contribution is 2.42. The Morgan fingerprint density at radius 3 is 2.70 bits per heavy atom. The zero-order valence-corrected chi connectivity index (χ0v) is 25.8. The molecule has 2 amide bonds. The summed E-state index contributed by atoms with van der Waals surface area (Å²) >= 11 is 0. The van der Waals surface area contributed by atoms with Crippen LogP contribution in [0.15, 0.2) is 24.5 Å². The molecule has 0 spiro atoms. The third-order valence-corrected chi connectivity index (χ3v) is 10.2. The van der Waals surface area contributed by atoms with Crippen LogP contribution in [0.25, 0.3) is 5.65 Å². The van der Waals surface area contributed by atoms with Crippen LogP contribution in [0, 0.1) is 17.8 Å². The molecule has 2 N–H and O–H groups in total. The number of piperidine rings is 1. The minimum absolute atomic E-state index is 0.00910. The van der Waals surface area contributed by atoms with Crippen molar-refractivity contribution in [1.29, 1.82) is 0 Å². The summed E-state index contributed by atoms with van der Waals surface area (Å²) in [6.07, 6.45) is -1.06. The fourth-order valence-electron chi connectivity index (χ4n) is 7.59. The van der Waals surface area contributed by atoms with Crippen LogP contribution in [0.2, 0.25) is 0 Å². The Kier molecular flexibility index (Phi) is 8.12. The van der Waals surface area contributed by atoms with Crippen molar-refractivity contribution in [2.24, 2.45) is 17.8 Å². The van der Waals surface area contributed by atoms with Crippen molar-refractivity contribution >= 4 is 23.1 Å². The lowest BCUT2D eigenvalue weighted by atomic mass is 9.81. The molecule has 16 heteroatoms. The number of carbonyl (C=O) groups excluding carboxylic acids is 2. The predicted molar refractivity (Wildman–Crippen MR) is 158 cm³/mol. The topological polar surface area (TPSA) is 119 Å². The number of morpholine rings is 1. The van der Waals surface area contributed by atoms with Crippen molar-refractivity contribution in [2.75, 3.05) is 24.6 Å². The number of nitrogens with one attached hydrogen (secondary N) is 2. The van der Waals surface area contributed by atoms with Crippen LogP contribution < -0.4 is 15.5 Å². The van der Waals surface area contributed by atoms with Crippen molar-refractivity contribution < 1.29 is 36.3 Å². The van der Waals surface area contributed by atoms with Crippen LogP contribution in [0.1, 0.15) is 73.4 Å². The summed E-state index contributed by atoms with van der Waals surface area (Å²) in [6.45, 7) is 2.95. The highest BCUT2D eigenvalue weighted by atomic mass is 19.4. The van der Waals surface area contributed by atoms with Crippen molar-refractivity contribution in [3.8, 4) is 0 Å². The molecule has 47 heavy (non-hydrogen) atoms. The van der Waals surface area contributed by atoms with Gasteiger partial charge >= 0.3 is 6.18 Å². The largest absolute Gasteiger partial charge is 0.393 e. The number of hydrogen-bond acceptors (Lipinski definition) is 7. The molecular formula is C31H37F5N8O3. The van der Waals surface area contributed by atoms with Gasteiger partial charge in [0.25, 0.3) is 5.91 Å². The van der Waals surface area contributed by atoms with Crippen molar-refractivity contribution in [3.63, 3.8) is 0 Å². The summed E-state index contributed by atoms with van der Waals surface area (Å²) in [6, 6.07) is 2.75. The molecule has 1 aliphatic carbocycles. The maximum absolute atomic E-state index is 14.2. The van der Waals surface area contributed by atoms with E-state index in [0.717, 1.165) is 6.42 Å². The van der Waals surface area contributed by atoms with Crippen LogP contribution >= 0.6 is 0 Å². The van der Waals surface area contributed by atoms with Crippen LogP contribution in [-0.4, -0.2) is 80.1 Å². The van der Waals surface area contributed by atoms with Gasteiger partial charge in [-0.15, -0.1) is 0 Å². The summed E-state index contributed by atoms with van der Waals surface area (Å²) in [5.74, 6) is -6.53. The van der Waals surface area contributed by atoms with Crippen molar-refractivity contribution in [3.05, 3.63) is 41.6 Å². The molecule has 7 rings (SSSR count). The summed E-state index contributed by atoms with van der Waals surface area (Å²) in [7, 11) is 0. The highest BCUT2D eigenvalue weighted by Gasteiger charge is 2.46. The number of aromatic nitrogens is 5. The van der Waals surface area contributed by atoms with Gasteiger partial charge in [0.15, 0.2) is 5.65 Å². The third kappa shape index (κ3) is 6.27. The molecule has 3 aromatic rings. The predicted octanol–water partition coefficient (Wildman–Crippen LogP) is 4.08. The Balaban J connectivity index is 1.25. The van der Waals surface area contributed by atoms with Gasteiger partial charge < -0.3 is 20.3 Å². The second kappa shape index (κ2) is 12.0. The van der Waals surface area contributed by atoms with Gasteiger partial charge in [-0.25, -0.2) is 18.3 Å². The lowest BCUT2D eigenvalue weighted by molar-refractivity contribution is -0.183. The molecule has 3 aliphatic heterocycles. The molecule has 2 unspecified atom stereocenters. The second-order valence-electron chi connectivity index (χ2n) is 13.2. The highest BCUT2D eigenvalue weighted by molar-refractivity contribution is 5.92. The van der Waals surface area contributed by atoms with Gasteiger partial charge in [-0.2, -0.15) is 23.4 Å². The molecule has 11 nitrogen and oxygen atoms in total. The van der Waals surface area contributed by atoms with E-state index in [0.29, 0.717) is 48.1 Å². The number of carbonyl (C=O) groups is 2. The first kappa shape index (κ1) is 31.8. The molecule has 4 fully saturated rings. The molecule has 4 aliphatic rings. The van der Waals surface area contributed by atoms with E-state index in [-0.39, 0.29) is 56.6 Å². The maximum Gasteiger partial charge on any atom is 0.393 e. The third-order valence-electron chi connectivity index (χ3n) is 10.2. The van der Waals surface area contributed by atoms with Gasteiger partial charge in [-0.1, -0.05) is 0 Å². The SMILES string of the molecule is CCn1nccc1C(=O)N[C@H](c1cn2nc(C[C@H]3C[C@@H](C(F)(F)F)CNC3=O)c(N3CC4CC3CO4)cc2n1)C1CCC(F)(F)CC1. The molecule has 3 aromatic heterocycles. The fraction of sp³-hybridized carbons (Fsp3) is 0.645. The first-order valence-corrected chi connectivity index (χ1v) is 16.2. The Hall–Kier alpha value is -3.82. The molecular weight excluding hydrogens is 627 g/mol. The number of anilines is 1. The molecule has 5 atom stereocenters. The summed E-state index contributed by atoms with van der Waals surface area (Å²) < 4.78 is 78.1. The fourth-order valence-corrected chi connectivity index (χ4v) is 7.59. The summed E-state index contributed by atoms with van der Waals surface area (Å²) in [5.41, 5.74) is 2.34. The van der Waals surface area contributed by atoms with E-state index in [2.05, 4.69) is 20.6 Å². The van der Waals surface area contributed by atoms with Crippen LogP contribution in [0.4, 0.5) is 27.6 Å². The molecule has 0 radical (unpaired) electrons. The van der Waals surface area contributed by atoms with E-state index in [4.69, 9.17) is 14.8 Å². The monoisotopic (exact) mass is 664 g/mol. The number of fused-ring (bicyclic) bond motifs is 3. The summed E-state index contributed by atoms with van der Waals surface area (Å²) in [4.78, 5) is 33.2. The van der Waals surface area contributed by atoms with E-state index in [9.17, 15) is 31.5 Å². The van der Waals surface area contributed by atoms with Crippen molar-refractivity contribution in [2.45, 2.75) is 88.7 Å². The molecule has 0 aromatic carbocycles. The van der Waals surface area contributed by atoms with Crippen LogP contribution in [0.3, 0.4) is 0 Å². The standard InChI is InChI=1S/C31H37F5N8O3/c1-2-43-24(5-8-38-43)29(46)40-27(17-3-6-30(32,33)7-4-17)23-15-44-26(39-23)12-25(42-14-21-11-20(42)16-47-21)22(41-44)10-18-9-19(31(34,35)36)13-37-28(18)45/h5,8,12,15,17-21,27H,2-4,6-7,9-11,13-14,16H2,1H3,(H,37,45)(H,40,46)/t18-,19-,20?,21?,27+/m1/s1. The van der Waals surface area contributed by atoms with E-state index in [1.54, 1.807) is 16.9 Å². The second-order valence-corrected chi connectivity index (χ2v) is 13.2. The lowest BCUT2D eigenvalue weighted by Crippen LogP contribution is -2.47. The zero-order chi connectivity index (χ0) is 33.1. The molecule has 2 bridgehead atoms. The number of alkyl halides is 5. The van der Waals surface area contributed by atoms with Gasteiger partial charge in [0.05, 0.1) is 54.0 Å². The number of ether oxygens (including phenoxy) is 1. The number of rotatable bonds is 8. The van der Waals surface area contributed by atoms with Crippen LogP contribution in [-0.2, 0) is 22.5 Å². The number of halogens is 5. The van der Waals surface area contributed by atoms with Crippen molar-refractivity contribution in [1.82, 2.24) is 35.0 Å². The Bertz CT molecular complexity index is 1650. The van der Waals surface area contributed by atoms with E-state index >= 15 is 0 Å². The number of amides is 2. The van der Waals surface area contributed by atoms with Crippen LogP contribution in [0.5, 0.6) is 0 Å². The Labute approximate surface area is 267 Å². The van der Waals surface area contributed by atoms with Gasteiger partial charge in [-0.3, -0.25) is 14.3 Å². The first-order chi connectivity index (χ1) is 22.4. The summed E-state index contributed by atoms with van der Waals surface area (Å²) in [5, 5.41) is 14.4. The minimum Gasteiger partial charge on any atom is -0.374 e. The van der Waals surface area contributed by atoms with Gasteiger partial charge in [0.2, 0.25) is 11.8 Å². The number of aryl methyl sites for hydroxylation is 1. The molecule has 254 valence electrons. The Morgan fingerprint density at radius 1 is 1.23 bits per heavy atom. The van der Waals surface area contributed by atoms with Gasteiger partial charge in [0, 0.05) is 57.1 Å². The molecule has 3 saturated heterocycles. The molecule has 6 heterocycles. The Morgan fingerprint density at radius 2 is 2.02 bits per heavy atom. The first-order valence-electron chi connectivity index (χ1n) is 16.2. The number of nitrogens with zero attached hydrogens (tertiary/aromatic N) is 6. The average molecular weight is 665 g/mol. The smallest absolute Gasteiger partial charge is 0.374 e. The van der Waals surface area contributed by atoms with E-state index in [1.807, 2.05) is 13.0 Å². The van der Waals surface area contributed by atoms with Gasteiger partial charge in [-0.05, 0) is 44.6 Å². The maximum atomic E-state index is 14.2. The quantitative estimate of drug-likeness (QED) is 0.349. The van der Waals surface area contributed by atoms with E-state index < -0.39 is 48.3 Å². The average Bonchev–Trinajstić information content (AvgIpc) is 3.84. The number of imidazole rings is 1. The molecule has 1 saturated carbocycles. The lowest BCUT2D eigenvalue weighted by Gasteiger charge is -2.33. The number of hydrogen-bond donors (Lipinski definition) is 2. The van der Waals surface area contributed by atoms with E-state index in [1.165, 1.54) is 10.7 Å². The normalized spacial score (nSPS) is 26.9. The zero-order valence-electron chi connectivity index (χ0n) is 25.8. The van der Waals surface area contributed by atoms with Gasteiger partial charge in [0.1, 0.15) is 5.69 Å². The minimum atomic E-state index is -4.44.